The van der Waals surface area contributed by atoms with E-state index in [4.69, 9.17) is 4.74 Å². The molecule has 2 aliphatic rings. The molecule has 0 amide bonds. The number of anilines is 1. The molecular formula is C20H24N2O. The Morgan fingerprint density at radius 3 is 2.87 bits per heavy atom. The smallest absolute Gasteiger partial charge is 0.119 e. The van der Waals surface area contributed by atoms with E-state index in [9.17, 15) is 0 Å². The highest BCUT2D eigenvalue weighted by Gasteiger charge is 2.34. The summed E-state index contributed by atoms with van der Waals surface area (Å²) in [6.07, 6.45) is 2.39. The molecule has 2 heterocycles. The van der Waals surface area contributed by atoms with Gasteiger partial charge >= 0.3 is 0 Å². The van der Waals surface area contributed by atoms with Gasteiger partial charge in [0.15, 0.2) is 0 Å². The fraction of sp³-hybridized carbons (Fsp3) is 0.400. The van der Waals surface area contributed by atoms with Gasteiger partial charge in [0, 0.05) is 17.6 Å². The summed E-state index contributed by atoms with van der Waals surface area (Å²) >= 11 is 0. The van der Waals surface area contributed by atoms with E-state index >= 15 is 0 Å². The van der Waals surface area contributed by atoms with Gasteiger partial charge in [-0.3, -0.25) is 0 Å². The van der Waals surface area contributed by atoms with Crippen molar-refractivity contribution in [1.29, 1.82) is 0 Å². The Kier molecular flexibility index (Phi) is 3.96. The van der Waals surface area contributed by atoms with Crippen LogP contribution in [0.3, 0.4) is 0 Å². The van der Waals surface area contributed by atoms with Crippen molar-refractivity contribution in [3.8, 4) is 16.9 Å². The molecule has 2 aromatic carbocycles. The van der Waals surface area contributed by atoms with Crippen LogP contribution in [0.5, 0.6) is 5.75 Å². The molecule has 0 aliphatic carbocycles. The molecule has 0 aromatic heterocycles. The summed E-state index contributed by atoms with van der Waals surface area (Å²) in [5.41, 5.74) is 5.43. The molecule has 1 fully saturated rings. The van der Waals surface area contributed by atoms with Gasteiger partial charge in [0.25, 0.3) is 0 Å². The van der Waals surface area contributed by atoms with Crippen molar-refractivity contribution >= 4 is 5.69 Å². The van der Waals surface area contributed by atoms with Crippen LogP contribution in [0.4, 0.5) is 5.69 Å². The predicted molar refractivity (Wildman–Crippen MR) is 95.3 cm³/mol. The molecule has 120 valence electrons. The summed E-state index contributed by atoms with van der Waals surface area (Å²) in [4.78, 5) is 0. The number of fused-ring (bicyclic) bond motifs is 3. The molecule has 0 spiro atoms. The molecule has 2 N–H and O–H groups in total. The standard InChI is InChI=1S/C20H24N2O/c1-2-23-15-6-3-5-14(13-15)16-7-4-8-19-20(16)17-9-11-21-12-10-18(17)22-19/h3-8,13,17-18,21-22H,2,9-12H2,1H3/t17-,18+/m1/s1. The Morgan fingerprint density at radius 2 is 1.96 bits per heavy atom. The zero-order chi connectivity index (χ0) is 15.6. The van der Waals surface area contributed by atoms with Gasteiger partial charge in [0.05, 0.1) is 6.61 Å². The van der Waals surface area contributed by atoms with Crippen LogP contribution in [-0.4, -0.2) is 25.7 Å². The van der Waals surface area contributed by atoms with Crippen LogP contribution in [0, 0.1) is 0 Å². The molecule has 0 unspecified atom stereocenters. The number of benzene rings is 2. The molecule has 2 atom stereocenters. The molecule has 3 heteroatoms. The fourth-order valence-electron chi connectivity index (χ4n) is 4.02. The molecule has 23 heavy (non-hydrogen) atoms. The minimum absolute atomic E-state index is 0.566. The van der Waals surface area contributed by atoms with Gasteiger partial charge in [0.1, 0.15) is 5.75 Å². The van der Waals surface area contributed by atoms with Crippen molar-refractivity contribution in [1.82, 2.24) is 5.32 Å². The minimum atomic E-state index is 0.566. The van der Waals surface area contributed by atoms with E-state index in [1.165, 1.54) is 35.2 Å². The van der Waals surface area contributed by atoms with E-state index in [0.717, 1.165) is 18.8 Å². The summed E-state index contributed by atoms with van der Waals surface area (Å²) in [6, 6.07) is 15.7. The van der Waals surface area contributed by atoms with Gasteiger partial charge in [-0.05, 0) is 67.7 Å². The molecule has 0 bridgehead atoms. The maximum atomic E-state index is 5.69. The average molecular weight is 308 g/mol. The summed E-state index contributed by atoms with van der Waals surface area (Å²) in [7, 11) is 0. The Labute approximate surface area is 138 Å². The van der Waals surface area contributed by atoms with Crippen molar-refractivity contribution in [2.75, 3.05) is 25.0 Å². The first kappa shape index (κ1) is 14.6. The lowest BCUT2D eigenvalue weighted by atomic mass is 9.86. The third-order valence-electron chi connectivity index (χ3n) is 5.02. The molecule has 4 rings (SSSR count). The molecule has 0 radical (unpaired) electrons. The Bertz CT molecular complexity index is 698. The van der Waals surface area contributed by atoms with E-state index in [1.54, 1.807) is 0 Å². The van der Waals surface area contributed by atoms with E-state index in [0.29, 0.717) is 18.6 Å². The van der Waals surface area contributed by atoms with Crippen molar-refractivity contribution in [3.05, 3.63) is 48.0 Å². The van der Waals surface area contributed by atoms with Gasteiger partial charge in [-0.1, -0.05) is 24.3 Å². The lowest BCUT2D eigenvalue weighted by molar-refractivity contribution is 0.340. The largest absolute Gasteiger partial charge is 0.494 e. The van der Waals surface area contributed by atoms with Crippen molar-refractivity contribution in [2.24, 2.45) is 0 Å². The molecule has 2 aliphatic heterocycles. The van der Waals surface area contributed by atoms with Crippen LogP contribution in [0.2, 0.25) is 0 Å². The van der Waals surface area contributed by atoms with E-state index in [1.807, 2.05) is 13.0 Å². The second-order valence-corrected chi connectivity index (χ2v) is 6.41. The lowest BCUT2D eigenvalue weighted by Crippen LogP contribution is -2.21. The summed E-state index contributed by atoms with van der Waals surface area (Å²) in [5, 5.41) is 7.29. The van der Waals surface area contributed by atoms with E-state index in [-0.39, 0.29) is 0 Å². The summed E-state index contributed by atoms with van der Waals surface area (Å²) < 4.78 is 5.69. The van der Waals surface area contributed by atoms with E-state index < -0.39 is 0 Å². The van der Waals surface area contributed by atoms with Crippen molar-refractivity contribution < 1.29 is 4.74 Å². The SMILES string of the molecule is CCOc1cccc(-c2cccc3c2[C@@H]2CCNCC[C@@H]2N3)c1. The summed E-state index contributed by atoms with van der Waals surface area (Å²) in [6.45, 7) is 4.95. The van der Waals surface area contributed by atoms with Crippen LogP contribution in [0.15, 0.2) is 42.5 Å². The zero-order valence-corrected chi connectivity index (χ0v) is 13.6. The monoisotopic (exact) mass is 308 g/mol. The minimum Gasteiger partial charge on any atom is -0.494 e. The van der Waals surface area contributed by atoms with Gasteiger partial charge in [-0.2, -0.15) is 0 Å². The maximum Gasteiger partial charge on any atom is 0.119 e. The van der Waals surface area contributed by atoms with Gasteiger partial charge in [0.2, 0.25) is 0 Å². The highest BCUT2D eigenvalue weighted by molar-refractivity contribution is 5.78. The first-order chi connectivity index (χ1) is 11.4. The van der Waals surface area contributed by atoms with Crippen LogP contribution in [0.25, 0.3) is 11.1 Å². The fourth-order valence-corrected chi connectivity index (χ4v) is 4.02. The first-order valence-electron chi connectivity index (χ1n) is 8.70. The van der Waals surface area contributed by atoms with E-state index in [2.05, 4.69) is 47.0 Å². The Balaban J connectivity index is 1.77. The van der Waals surface area contributed by atoms with Crippen LogP contribution in [-0.2, 0) is 0 Å². The van der Waals surface area contributed by atoms with Gasteiger partial charge < -0.3 is 15.4 Å². The number of nitrogens with one attached hydrogen (secondary N) is 2. The topological polar surface area (TPSA) is 33.3 Å². The van der Waals surface area contributed by atoms with Crippen molar-refractivity contribution in [2.45, 2.75) is 31.7 Å². The highest BCUT2D eigenvalue weighted by Crippen LogP contribution is 2.45. The van der Waals surface area contributed by atoms with Crippen LogP contribution >= 0.6 is 0 Å². The third kappa shape index (κ3) is 2.70. The highest BCUT2D eigenvalue weighted by atomic mass is 16.5. The lowest BCUT2D eigenvalue weighted by Gasteiger charge is -2.18. The number of ether oxygens (including phenoxy) is 1. The summed E-state index contributed by atoms with van der Waals surface area (Å²) in [5.74, 6) is 1.56. The molecule has 2 aromatic rings. The number of hydrogen-bond donors (Lipinski definition) is 2. The third-order valence-corrected chi connectivity index (χ3v) is 5.02. The number of hydrogen-bond acceptors (Lipinski definition) is 3. The second-order valence-electron chi connectivity index (χ2n) is 6.41. The maximum absolute atomic E-state index is 5.69. The zero-order valence-electron chi connectivity index (χ0n) is 13.6. The average Bonchev–Trinajstić information content (AvgIpc) is 2.77. The molecule has 1 saturated heterocycles. The normalized spacial score (nSPS) is 22.7. The molecule has 0 saturated carbocycles. The molecule has 3 nitrogen and oxygen atoms in total. The van der Waals surface area contributed by atoms with Crippen LogP contribution in [0.1, 0.15) is 31.2 Å². The molecular weight excluding hydrogens is 284 g/mol. The quantitative estimate of drug-likeness (QED) is 0.898. The van der Waals surface area contributed by atoms with Crippen molar-refractivity contribution in [3.63, 3.8) is 0 Å². The number of rotatable bonds is 3. The second kappa shape index (κ2) is 6.25. The predicted octanol–water partition coefficient (Wildman–Crippen LogP) is 4.01. The van der Waals surface area contributed by atoms with Gasteiger partial charge in [-0.15, -0.1) is 0 Å². The first-order valence-corrected chi connectivity index (χ1v) is 8.70. The Morgan fingerprint density at radius 1 is 1.09 bits per heavy atom. The van der Waals surface area contributed by atoms with Crippen LogP contribution < -0.4 is 15.4 Å². The Hall–Kier alpha value is -2.00. The van der Waals surface area contributed by atoms with Gasteiger partial charge in [-0.25, -0.2) is 0 Å².